The zero-order chi connectivity index (χ0) is 14.8. The average molecular weight is 295 g/mol. The summed E-state index contributed by atoms with van der Waals surface area (Å²) >= 11 is 0. The van der Waals surface area contributed by atoms with Gasteiger partial charge in [0.2, 0.25) is 0 Å². The van der Waals surface area contributed by atoms with Crippen molar-refractivity contribution < 1.29 is 9.90 Å². The van der Waals surface area contributed by atoms with Gasteiger partial charge in [0.1, 0.15) is 0 Å². The molecule has 5 nitrogen and oxygen atoms in total. The minimum atomic E-state index is -0.0343. The van der Waals surface area contributed by atoms with Gasteiger partial charge in [-0.05, 0) is 57.9 Å². The van der Waals surface area contributed by atoms with Gasteiger partial charge in [0.05, 0.1) is 0 Å². The molecule has 3 aliphatic rings. The summed E-state index contributed by atoms with van der Waals surface area (Å²) in [5.74, 6) is 0.583. The van der Waals surface area contributed by atoms with E-state index < -0.39 is 0 Å². The lowest BCUT2D eigenvalue weighted by molar-refractivity contribution is 0.0507. The summed E-state index contributed by atoms with van der Waals surface area (Å²) in [6.07, 6.45) is 9.06. The molecule has 5 heteroatoms. The molecule has 21 heavy (non-hydrogen) atoms. The first-order valence-electron chi connectivity index (χ1n) is 8.57. The topological polar surface area (TPSA) is 64.6 Å². The second-order valence-electron chi connectivity index (χ2n) is 7.15. The lowest BCUT2D eigenvalue weighted by Crippen LogP contribution is -2.57. The van der Waals surface area contributed by atoms with Crippen molar-refractivity contribution in [3.8, 4) is 0 Å². The molecule has 2 saturated heterocycles. The maximum absolute atomic E-state index is 12.2. The van der Waals surface area contributed by atoms with Gasteiger partial charge in [-0.1, -0.05) is 6.42 Å². The third-order valence-corrected chi connectivity index (χ3v) is 5.62. The predicted molar refractivity (Wildman–Crippen MR) is 82.1 cm³/mol. The van der Waals surface area contributed by atoms with Gasteiger partial charge in [-0.2, -0.15) is 0 Å². The monoisotopic (exact) mass is 295 g/mol. The van der Waals surface area contributed by atoms with E-state index in [-0.39, 0.29) is 18.7 Å². The molecular weight excluding hydrogens is 266 g/mol. The van der Waals surface area contributed by atoms with Crippen LogP contribution < -0.4 is 10.6 Å². The van der Waals surface area contributed by atoms with Gasteiger partial charge < -0.3 is 20.6 Å². The predicted octanol–water partition coefficient (Wildman–Crippen LogP) is 1.46. The van der Waals surface area contributed by atoms with Crippen LogP contribution in [0.15, 0.2) is 0 Å². The molecule has 120 valence electrons. The van der Waals surface area contributed by atoms with E-state index in [1.54, 1.807) is 0 Å². The Balaban J connectivity index is 1.48. The molecule has 0 spiro atoms. The molecule has 1 aliphatic carbocycles. The number of piperidine rings is 2. The number of carbonyl (C=O) groups excluding carboxylic acids is 1. The number of aliphatic hydroxyl groups is 1. The highest BCUT2D eigenvalue weighted by Gasteiger charge is 2.37. The van der Waals surface area contributed by atoms with E-state index in [4.69, 9.17) is 5.11 Å². The summed E-state index contributed by atoms with van der Waals surface area (Å²) in [7, 11) is 2.23. The number of nitrogens with zero attached hydrogens (tertiary/aromatic N) is 1. The number of urea groups is 1. The van der Waals surface area contributed by atoms with E-state index in [0.717, 1.165) is 12.8 Å². The Labute approximate surface area is 127 Å². The minimum Gasteiger partial charge on any atom is -0.396 e. The molecule has 3 rings (SSSR count). The summed E-state index contributed by atoms with van der Waals surface area (Å²) in [5, 5.41) is 15.4. The highest BCUT2D eigenvalue weighted by molar-refractivity contribution is 5.74. The standard InChI is InChI=1S/C16H29N3O2/c1-19-13-3-2-4-14(19)10-12(9-13)17-16(21)18-15(7-8-20)11-5-6-11/h11-15,20H,2-10H2,1H3,(H2,17,18,21)/t13-,14-,15+/m0/s1. The molecule has 0 aromatic rings. The van der Waals surface area contributed by atoms with E-state index >= 15 is 0 Å². The van der Waals surface area contributed by atoms with Crippen LogP contribution in [0, 0.1) is 5.92 Å². The molecule has 2 bridgehead atoms. The van der Waals surface area contributed by atoms with Crippen LogP contribution in [0.3, 0.4) is 0 Å². The highest BCUT2D eigenvalue weighted by Crippen LogP contribution is 2.34. The molecule has 2 heterocycles. The number of amides is 2. The van der Waals surface area contributed by atoms with E-state index in [9.17, 15) is 4.79 Å². The third kappa shape index (κ3) is 3.69. The number of hydrogen-bond acceptors (Lipinski definition) is 3. The van der Waals surface area contributed by atoms with Crippen LogP contribution in [0.2, 0.25) is 0 Å². The fraction of sp³-hybridized carbons (Fsp3) is 0.938. The highest BCUT2D eigenvalue weighted by atomic mass is 16.3. The molecular formula is C16H29N3O2. The van der Waals surface area contributed by atoms with E-state index in [2.05, 4.69) is 22.6 Å². The second kappa shape index (κ2) is 6.53. The summed E-state index contributed by atoms with van der Waals surface area (Å²) in [5.41, 5.74) is 0. The molecule has 3 N–H and O–H groups in total. The van der Waals surface area contributed by atoms with Crippen molar-refractivity contribution in [3.63, 3.8) is 0 Å². The van der Waals surface area contributed by atoms with Crippen molar-refractivity contribution in [2.24, 2.45) is 5.92 Å². The van der Waals surface area contributed by atoms with Gasteiger partial charge in [0.15, 0.2) is 0 Å². The normalized spacial score (nSPS) is 34.3. The first-order valence-corrected chi connectivity index (χ1v) is 8.57. The zero-order valence-corrected chi connectivity index (χ0v) is 13.1. The Morgan fingerprint density at radius 2 is 1.90 bits per heavy atom. The molecule has 3 fully saturated rings. The molecule has 2 amide bonds. The van der Waals surface area contributed by atoms with Gasteiger partial charge in [-0.3, -0.25) is 0 Å². The Morgan fingerprint density at radius 1 is 1.24 bits per heavy atom. The van der Waals surface area contributed by atoms with Crippen LogP contribution in [0.4, 0.5) is 4.79 Å². The van der Waals surface area contributed by atoms with Crippen molar-refractivity contribution in [3.05, 3.63) is 0 Å². The smallest absolute Gasteiger partial charge is 0.315 e. The van der Waals surface area contributed by atoms with Crippen molar-refractivity contribution in [1.82, 2.24) is 15.5 Å². The molecule has 0 unspecified atom stereocenters. The van der Waals surface area contributed by atoms with Gasteiger partial charge in [-0.25, -0.2) is 4.79 Å². The van der Waals surface area contributed by atoms with E-state index in [0.29, 0.717) is 30.5 Å². The summed E-state index contributed by atoms with van der Waals surface area (Å²) in [6, 6.07) is 1.71. The number of rotatable bonds is 5. The molecule has 0 aromatic heterocycles. The Morgan fingerprint density at radius 3 is 2.48 bits per heavy atom. The van der Waals surface area contributed by atoms with Gasteiger partial charge in [0.25, 0.3) is 0 Å². The van der Waals surface area contributed by atoms with Crippen LogP contribution in [-0.4, -0.2) is 53.9 Å². The van der Waals surface area contributed by atoms with Gasteiger partial charge in [0, 0.05) is 30.8 Å². The van der Waals surface area contributed by atoms with E-state index in [1.165, 1.54) is 32.1 Å². The maximum atomic E-state index is 12.2. The summed E-state index contributed by atoms with van der Waals surface area (Å²) in [4.78, 5) is 14.7. The summed E-state index contributed by atoms with van der Waals surface area (Å²) in [6.45, 7) is 0.153. The van der Waals surface area contributed by atoms with Gasteiger partial charge >= 0.3 is 6.03 Å². The maximum Gasteiger partial charge on any atom is 0.315 e. The van der Waals surface area contributed by atoms with Crippen molar-refractivity contribution in [2.75, 3.05) is 13.7 Å². The number of hydrogen-bond donors (Lipinski definition) is 3. The minimum absolute atomic E-state index is 0.0343. The fourth-order valence-electron chi connectivity index (χ4n) is 4.19. The van der Waals surface area contributed by atoms with E-state index in [1.807, 2.05) is 0 Å². The van der Waals surface area contributed by atoms with Gasteiger partial charge in [-0.15, -0.1) is 0 Å². The first kappa shape index (κ1) is 15.1. The summed E-state index contributed by atoms with van der Waals surface area (Å²) < 4.78 is 0. The lowest BCUT2D eigenvalue weighted by Gasteiger charge is -2.47. The first-order chi connectivity index (χ1) is 10.2. The number of carbonyl (C=O) groups is 1. The largest absolute Gasteiger partial charge is 0.396 e. The Bertz CT molecular complexity index is 359. The second-order valence-corrected chi connectivity index (χ2v) is 7.15. The molecule has 2 aliphatic heterocycles. The number of nitrogens with one attached hydrogen (secondary N) is 2. The van der Waals surface area contributed by atoms with Crippen LogP contribution in [0.5, 0.6) is 0 Å². The number of fused-ring (bicyclic) bond motifs is 2. The Kier molecular flexibility index (Phi) is 4.69. The quantitative estimate of drug-likeness (QED) is 0.719. The average Bonchev–Trinajstić information content (AvgIpc) is 3.24. The molecule has 0 aromatic carbocycles. The molecule has 3 atom stereocenters. The van der Waals surface area contributed by atoms with Crippen LogP contribution in [-0.2, 0) is 0 Å². The number of aliphatic hydroxyl groups excluding tert-OH is 1. The molecule has 0 radical (unpaired) electrons. The molecule has 1 saturated carbocycles. The van der Waals surface area contributed by atoms with Crippen molar-refractivity contribution >= 4 is 6.03 Å². The van der Waals surface area contributed by atoms with Crippen molar-refractivity contribution in [2.45, 2.75) is 75.5 Å². The SMILES string of the molecule is CN1[C@H]2CCC[C@H]1CC(NC(=O)N[C@H](CCO)C1CC1)C2. The van der Waals surface area contributed by atoms with Crippen molar-refractivity contribution in [1.29, 1.82) is 0 Å². The Hall–Kier alpha value is -0.810. The third-order valence-electron chi connectivity index (χ3n) is 5.62. The van der Waals surface area contributed by atoms with Crippen LogP contribution in [0.25, 0.3) is 0 Å². The zero-order valence-electron chi connectivity index (χ0n) is 13.1. The lowest BCUT2D eigenvalue weighted by atomic mass is 9.82. The van der Waals surface area contributed by atoms with Crippen LogP contribution in [0.1, 0.15) is 51.4 Å². The van der Waals surface area contributed by atoms with Crippen LogP contribution >= 0.6 is 0 Å². The fourth-order valence-corrected chi connectivity index (χ4v) is 4.19.